The van der Waals surface area contributed by atoms with Gasteiger partial charge in [-0.05, 0) is 44.7 Å². The Morgan fingerprint density at radius 3 is 2.47 bits per heavy atom. The molecule has 0 unspecified atom stereocenters. The van der Waals surface area contributed by atoms with E-state index in [0.29, 0.717) is 22.7 Å². The SMILES string of the molecule is CCCNC(=O)CN(C)CC(=O)Nc1sc2c(c1C(=O)c1ccccc1)CCCC2. The van der Waals surface area contributed by atoms with Gasteiger partial charge in [-0.25, -0.2) is 0 Å². The first-order valence-electron chi connectivity index (χ1n) is 10.5. The molecule has 1 heterocycles. The Morgan fingerprint density at radius 2 is 1.73 bits per heavy atom. The van der Waals surface area contributed by atoms with E-state index in [9.17, 15) is 14.4 Å². The van der Waals surface area contributed by atoms with E-state index in [2.05, 4.69) is 10.6 Å². The molecule has 7 heteroatoms. The third kappa shape index (κ3) is 5.55. The lowest BCUT2D eigenvalue weighted by atomic mass is 9.92. The molecule has 0 spiro atoms. The number of hydrogen-bond acceptors (Lipinski definition) is 5. The molecule has 30 heavy (non-hydrogen) atoms. The van der Waals surface area contributed by atoms with Gasteiger partial charge in [0.05, 0.1) is 18.7 Å². The van der Waals surface area contributed by atoms with E-state index in [1.54, 1.807) is 11.9 Å². The number of benzene rings is 1. The van der Waals surface area contributed by atoms with Gasteiger partial charge in [-0.2, -0.15) is 0 Å². The van der Waals surface area contributed by atoms with E-state index in [0.717, 1.165) is 37.7 Å². The minimum atomic E-state index is -0.221. The number of aryl methyl sites for hydroxylation is 1. The summed E-state index contributed by atoms with van der Waals surface area (Å²) < 4.78 is 0. The summed E-state index contributed by atoms with van der Waals surface area (Å²) in [5, 5.41) is 6.39. The van der Waals surface area contributed by atoms with Crippen LogP contribution in [-0.2, 0) is 22.4 Å². The van der Waals surface area contributed by atoms with E-state index in [-0.39, 0.29) is 30.7 Å². The molecule has 0 atom stereocenters. The van der Waals surface area contributed by atoms with Crippen molar-refractivity contribution >= 4 is 33.9 Å². The van der Waals surface area contributed by atoms with Crippen LogP contribution in [0.15, 0.2) is 30.3 Å². The van der Waals surface area contributed by atoms with Crippen LogP contribution >= 0.6 is 11.3 Å². The van der Waals surface area contributed by atoms with E-state index in [1.165, 1.54) is 16.2 Å². The van der Waals surface area contributed by atoms with Gasteiger partial charge in [-0.1, -0.05) is 37.3 Å². The minimum absolute atomic E-state index is 0.0439. The van der Waals surface area contributed by atoms with Gasteiger partial charge in [0, 0.05) is 17.0 Å². The summed E-state index contributed by atoms with van der Waals surface area (Å²) in [4.78, 5) is 40.6. The van der Waals surface area contributed by atoms with Crippen molar-refractivity contribution < 1.29 is 14.4 Å². The summed E-state index contributed by atoms with van der Waals surface area (Å²) in [5.41, 5.74) is 2.35. The number of nitrogens with one attached hydrogen (secondary N) is 2. The van der Waals surface area contributed by atoms with Crippen LogP contribution in [0.1, 0.15) is 52.5 Å². The fourth-order valence-corrected chi connectivity index (χ4v) is 4.96. The number of fused-ring (bicyclic) bond motifs is 1. The molecule has 1 aliphatic rings. The minimum Gasteiger partial charge on any atom is -0.355 e. The Morgan fingerprint density at radius 1 is 1.03 bits per heavy atom. The molecule has 6 nitrogen and oxygen atoms in total. The second kappa shape index (κ2) is 10.5. The Balaban J connectivity index is 1.74. The summed E-state index contributed by atoms with van der Waals surface area (Å²) >= 11 is 1.51. The summed E-state index contributed by atoms with van der Waals surface area (Å²) in [5.74, 6) is -0.363. The second-order valence-electron chi connectivity index (χ2n) is 7.68. The van der Waals surface area contributed by atoms with Gasteiger partial charge in [0.2, 0.25) is 11.8 Å². The average Bonchev–Trinajstić information content (AvgIpc) is 3.09. The zero-order valence-electron chi connectivity index (χ0n) is 17.6. The maximum absolute atomic E-state index is 13.2. The molecule has 160 valence electrons. The Bertz CT molecular complexity index is 908. The molecule has 2 N–H and O–H groups in total. The molecular weight excluding hydrogens is 398 g/mol. The number of rotatable bonds is 9. The summed E-state index contributed by atoms with van der Waals surface area (Å²) in [6, 6.07) is 9.20. The highest BCUT2D eigenvalue weighted by Gasteiger charge is 2.27. The first-order chi connectivity index (χ1) is 14.5. The average molecular weight is 428 g/mol. The van der Waals surface area contributed by atoms with Gasteiger partial charge in [0.15, 0.2) is 5.78 Å². The molecular formula is C23H29N3O3S. The number of hydrogen-bond donors (Lipinski definition) is 2. The fraction of sp³-hybridized carbons (Fsp3) is 0.435. The van der Waals surface area contributed by atoms with E-state index in [4.69, 9.17) is 0 Å². The summed E-state index contributed by atoms with van der Waals surface area (Å²) in [7, 11) is 1.74. The predicted molar refractivity (Wildman–Crippen MR) is 120 cm³/mol. The molecule has 2 amide bonds. The van der Waals surface area contributed by atoms with Crippen molar-refractivity contribution in [3.05, 3.63) is 51.9 Å². The molecule has 2 aromatic rings. The maximum atomic E-state index is 13.2. The van der Waals surface area contributed by atoms with Crippen LogP contribution in [0.3, 0.4) is 0 Å². The van der Waals surface area contributed by atoms with Gasteiger partial charge in [-0.15, -0.1) is 11.3 Å². The quantitative estimate of drug-likeness (QED) is 0.602. The monoisotopic (exact) mass is 427 g/mol. The van der Waals surface area contributed by atoms with Crippen molar-refractivity contribution in [1.29, 1.82) is 0 Å². The van der Waals surface area contributed by atoms with Crippen molar-refractivity contribution in [1.82, 2.24) is 10.2 Å². The number of carbonyl (C=O) groups excluding carboxylic acids is 3. The highest BCUT2D eigenvalue weighted by Crippen LogP contribution is 2.39. The number of thiophene rings is 1. The van der Waals surface area contributed by atoms with Crippen LogP contribution in [-0.4, -0.2) is 49.2 Å². The zero-order chi connectivity index (χ0) is 21.5. The Labute approximate surface area is 181 Å². The van der Waals surface area contributed by atoms with Crippen LogP contribution in [0.25, 0.3) is 0 Å². The number of nitrogens with zero attached hydrogens (tertiary/aromatic N) is 1. The zero-order valence-corrected chi connectivity index (χ0v) is 18.4. The van der Waals surface area contributed by atoms with Crippen molar-refractivity contribution in [2.24, 2.45) is 0 Å². The molecule has 0 aliphatic heterocycles. The first-order valence-corrected chi connectivity index (χ1v) is 11.3. The van der Waals surface area contributed by atoms with Gasteiger partial charge < -0.3 is 10.6 Å². The maximum Gasteiger partial charge on any atom is 0.239 e. The molecule has 0 bridgehead atoms. The third-order valence-corrected chi connectivity index (χ3v) is 6.29. The van der Waals surface area contributed by atoms with Crippen LogP contribution in [0.4, 0.5) is 5.00 Å². The Hall–Kier alpha value is -2.51. The lowest BCUT2D eigenvalue weighted by Gasteiger charge is -2.16. The number of carbonyl (C=O) groups is 3. The largest absolute Gasteiger partial charge is 0.355 e. The van der Waals surface area contributed by atoms with Gasteiger partial charge in [0.1, 0.15) is 5.00 Å². The van der Waals surface area contributed by atoms with Gasteiger partial charge >= 0.3 is 0 Å². The smallest absolute Gasteiger partial charge is 0.239 e. The van der Waals surface area contributed by atoms with Crippen LogP contribution in [0.5, 0.6) is 0 Å². The number of anilines is 1. The number of likely N-dealkylation sites (N-methyl/N-ethyl adjacent to an activating group) is 1. The third-order valence-electron chi connectivity index (χ3n) is 5.09. The van der Waals surface area contributed by atoms with Crippen LogP contribution in [0, 0.1) is 0 Å². The van der Waals surface area contributed by atoms with Gasteiger partial charge in [0.25, 0.3) is 0 Å². The summed E-state index contributed by atoms with van der Waals surface area (Å²) in [6.07, 6.45) is 4.85. The Kier molecular flexibility index (Phi) is 7.76. The molecule has 3 rings (SSSR count). The molecule has 0 radical (unpaired) electrons. The predicted octanol–water partition coefficient (Wildman–Crippen LogP) is 3.25. The van der Waals surface area contributed by atoms with Crippen molar-refractivity contribution in [3.8, 4) is 0 Å². The van der Waals surface area contributed by atoms with Gasteiger partial charge in [-0.3, -0.25) is 19.3 Å². The molecule has 0 saturated heterocycles. The summed E-state index contributed by atoms with van der Waals surface area (Å²) in [6.45, 7) is 2.86. The molecule has 0 saturated carbocycles. The first kappa shape index (κ1) is 22.2. The van der Waals surface area contributed by atoms with Crippen molar-refractivity contribution in [3.63, 3.8) is 0 Å². The number of amides is 2. The molecule has 1 aromatic carbocycles. The normalized spacial score (nSPS) is 13.0. The lowest BCUT2D eigenvalue weighted by molar-refractivity contribution is -0.122. The molecule has 1 aliphatic carbocycles. The highest BCUT2D eigenvalue weighted by atomic mass is 32.1. The van der Waals surface area contributed by atoms with Crippen LogP contribution < -0.4 is 10.6 Å². The standard InChI is InChI=1S/C23H29N3O3S/c1-3-13-24-19(27)14-26(2)15-20(28)25-23-21(17-11-7-8-12-18(17)30-23)22(29)16-9-5-4-6-10-16/h4-6,9-10H,3,7-8,11-15H2,1-2H3,(H,24,27)(H,25,28). The topological polar surface area (TPSA) is 78.5 Å². The van der Waals surface area contributed by atoms with E-state index >= 15 is 0 Å². The van der Waals surface area contributed by atoms with Crippen molar-refractivity contribution in [2.75, 3.05) is 32.0 Å². The van der Waals surface area contributed by atoms with E-state index < -0.39 is 0 Å². The van der Waals surface area contributed by atoms with Crippen molar-refractivity contribution in [2.45, 2.75) is 39.0 Å². The highest BCUT2D eigenvalue weighted by molar-refractivity contribution is 7.17. The lowest BCUT2D eigenvalue weighted by Crippen LogP contribution is -2.39. The number of ketones is 1. The molecule has 1 aromatic heterocycles. The van der Waals surface area contributed by atoms with E-state index in [1.807, 2.05) is 37.3 Å². The fourth-order valence-electron chi connectivity index (χ4n) is 3.66. The van der Waals surface area contributed by atoms with Crippen LogP contribution in [0.2, 0.25) is 0 Å². The second-order valence-corrected chi connectivity index (χ2v) is 8.79. The molecule has 0 fully saturated rings.